The highest BCUT2D eigenvalue weighted by Gasteiger charge is 2.36. The summed E-state index contributed by atoms with van der Waals surface area (Å²) in [5.41, 5.74) is 8.01. The number of hydrogen-bond acceptors (Lipinski definition) is 8. The van der Waals surface area contributed by atoms with Gasteiger partial charge in [-0.3, -0.25) is 4.98 Å². The normalized spacial score (nSPS) is 12.2. The highest BCUT2D eigenvalue weighted by atomic mass is 19.1. The SMILES string of the molecule is C=O.CC1(C=O)CC1.CNc1ccc(Oc2ccnc3cc(B(O)O)ccc23)cc1.Nc1ccc(F)cc1. The molecule has 0 amide bonds. The number of nitrogens with zero attached hydrogens (tertiary/aromatic N) is 1. The van der Waals surface area contributed by atoms with Crippen molar-refractivity contribution in [2.45, 2.75) is 19.8 Å². The molecule has 198 valence electrons. The first-order valence-electron chi connectivity index (χ1n) is 11.7. The van der Waals surface area contributed by atoms with Crippen molar-refractivity contribution in [3.05, 3.63) is 84.8 Å². The Bertz CT molecular complexity index is 1280. The van der Waals surface area contributed by atoms with E-state index in [4.69, 9.17) is 15.3 Å². The lowest BCUT2D eigenvalue weighted by atomic mass is 9.80. The molecule has 0 aliphatic heterocycles. The summed E-state index contributed by atoms with van der Waals surface area (Å²) >= 11 is 0. The zero-order valence-corrected chi connectivity index (χ0v) is 21.3. The molecule has 0 bridgehead atoms. The van der Waals surface area contributed by atoms with Crippen molar-refractivity contribution in [3.8, 4) is 11.5 Å². The monoisotopic (exact) mass is 519 g/mol. The fraction of sp³-hybridized carbons (Fsp3) is 0.179. The summed E-state index contributed by atoms with van der Waals surface area (Å²) < 4.78 is 17.9. The van der Waals surface area contributed by atoms with Crippen LogP contribution < -0.4 is 21.3 Å². The van der Waals surface area contributed by atoms with E-state index >= 15 is 0 Å². The van der Waals surface area contributed by atoms with Crippen molar-refractivity contribution in [2.75, 3.05) is 18.1 Å². The van der Waals surface area contributed by atoms with Crippen LogP contribution in [0.5, 0.6) is 11.5 Å². The van der Waals surface area contributed by atoms with E-state index in [1.165, 1.54) is 24.3 Å². The topological polar surface area (TPSA) is 135 Å². The van der Waals surface area contributed by atoms with Crippen LogP contribution in [0.4, 0.5) is 15.8 Å². The van der Waals surface area contributed by atoms with Gasteiger partial charge < -0.3 is 35.4 Å². The minimum atomic E-state index is -1.51. The fourth-order valence-corrected chi connectivity index (χ4v) is 2.98. The van der Waals surface area contributed by atoms with Crippen LogP contribution >= 0.6 is 0 Å². The Morgan fingerprint density at radius 3 is 2.16 bits per heavy atom. The van der Waals surface area contributed by atoms with Gasteiger partial charge in [-0.15, -0.1) is 0 Å². The molecule has 1 saturated carbocycles. The average molecular weight is 519 g/mol. The minimum Gasteiger partial charge on any atom is -0.457 e. The van der Waals surface area contributed by atoms with E-state index < -0.39 is 7.12 Å². The molecule has 0 spiro atoms. The number of anilines is 2. The Hall–Kier alpha value is -4.28. The molecule has 1 heterocycles. The Balaban J connectivity index is 0.000000258. The number of carbonyl (C=O) groups is 2. The lowest BCUT2D eigenvalue weighted by Crippen LogP contribution is -2.29. The molecule has 38 heavy (non-hydrogen) atoms. The van der Waals surface area contributed by atoms with E-state index in [2.05, 4.69) is 10.3 Å². The maximum absolute atomic E-state index is 12.0. The maximum Gasteiger partial charge on any atom is 0.488 e. The van der Waals surface area contributed by atoms with Crippen molar-refractivity contribution in [2.24, 2.45) is 5.41 Å². The Kier molecular flexibility index (Phi) is 11.4. The van der Waals surface area contributed by atoms with Crippen molar-refractivity contribution in [1.82, 2.24) is 4.98 Å². The number of pyridine rings is 1. The smallest absolute Gasteiger partial charge is 0.457 e. The van der Waals surface area contributed by atoms with Crippen LogP contribution in [0.25, 0.3) is 10.9 Å². The molecule has 1 aliphatic rings. The van der Waals surface area contributed by atoms with Gasteiger partial charge in [0.25, 0.3) is 0 Å². The van der Waals surface area contributed by atoms with Gasteiger partial charge in [-0.2, -0.15) is 0 Å². The number of benzene rings is 3. The number of aromatic nitrogens is 1. The summed E-state index contributed by atoms with van der Waals surface area (Å²) in [6.45, 7) is 3.99. The average Bonchev–Trinajstić information content (AvgIpc) is 3.70. The lowest BCUT2D eigenvalue weighted by molar-refractivity contribution is -0.111. The molecule has 0 saturated heterocycles. The van der Waals surface area contributed by atoms with Crippen LogP contribution in [0, 0.1) is 11.2 Å². The number of halogens is 1. The number of carbonyl (C=O) groups excluding carboxylic acids is 2. The van der Waals surface area contributed by atoms with Crippen molar-refractivity contribution in [3.63, 3.8) is 0 Å². The number of rotatable bonds is 5. The van der Waals surface area contributed by atoms with Gasteiger partial charge in [-0.25, -0.2) is 4.39 Å². The van der Waals surface area contributed by atoms with Crippen molar-refractivity contribution >= 4 is 47.9 Å². The molecule has 10 heteroatoms. The molecule has 5 N–H and O–H groups in total. The predicted octanol–water partition coefficient (Wildman–Crippen LogP) is 3.96. The van der Waals surface area contributed by atoms with E-state index in [1.54, 1.807) is 30.5 Å². The van der Waals surface area contributed by atoms with E-state index in [9.17, 15) is 19.2 Å². The summed E-state index contributed by atoms with van der Waals surface area (Å²) in [6.07, 6.45) is 4.90. The number of hydrogen-bond donors (Lipinski definition) is 4. The summed E-state index contributed by atoms with van der Waals surface area (Å²) in [6, 6.07) is 20.2. The quantitative estimate of drug-likeness (QED) is 0.177. The first-order chi connectivity index (χ1) is 18.2. The van der Waals surface area contributed by atoms with E-state index in [1.807, 2.05) is 45.0 Å². The van der Waals surface area contributed by atoms with Gasteiger partial charge in [0.15, 0.2) is 0 Å². The summed E-state index contributed by atoms with van der Waals surface area (Å²) in [7, 11) is 0.351. The number of aldehydes is 1. The molecule has 3 aromatic carbocycles. The molecule has 0 atom stereocenters. The van der Waals surface area contributed by atoms with Crippen LogP contribution in [0.15, 0.2) is 79.0 Å². The molecular formula is C28H31BFN3O5. The molecule has 1 aromatic heterocycles. The van der Waals surface area contributed by atoms with Crippen LogP contribution in [0.2, 0.25) is 0 Å². The lowest BCUT2D eigenvalue weighted by Gasteiger charge is -2.10. The second-order valence-electron chi connectivity index (χ2n) is 8.66. The van der Waals surface area contributed by atoms with Crippen LogP contribution in [0.1, 0.15) is 19.8 Å². The second-order valence-corrected chi connectivity index (χ2v) is 8.66. The second kappa shape index (κ2) is 14.5. The zero-order chi connectivity index (χ0) is 28.1. The molecule has 1 fully saturated rings. The number of ether oxygens (including phenoxy) is 1. The molecule has 8 nitrogen and oxygen atoms in total. The van der Waals surface area contributed by atoms with Crippen molar-refractivity contribution < 1.29 is 28.8 Å². The van der Waals surface area contributed by atoms with Crippen molar-refractivity contribution in [1.29, 1.82) is 0 Å². The standard InChI is InChI=1S/C16H15BN2O3.C6H6FN.C5H8O.CH2O/c1-18-12-3-5-13(6-4-12)22-16-8-9-19-15-10-11(17(20)21)2-7-14(15)16;7-5-1-3-6(8)4-2-5;1-5(4-6)2-3-5;1-2/h2-10,18,20-21H,1H3;1-4H,8H2;4H,2-3H2,1H3;1H2. The summed E-state index contributed by atoms with van der Waals surface area (Å²) in [5.74, 6) is 1.14. The largest absolute Gasteiger partial charge is 0.488 e. The maximum atomic E-state index is 12.0. The molecule has 0 radical (unpaired) electrons. The van der Waals surface area contributed by atoms with Gasteiger partial charge in [0, 0.05) is 35.4 Å². The Labute approximate surface area is 221 Å². The van der Waals surface area contributed by atoms with E-state index in [0.29, 0.717) is 22.4 Å². The van der Waals surface area contributed by atoms with Gasteiger partial charge in [0.1, 0.15) is 30.4 Å². The van der Waals surface area contributed by atoms with Crippen LogP contribution in [0.3, 0.4) is 0 Å². The van der Waals surface area contributed by atoms with E-state index in [-0.39, 0.29) is 11.2 Å². The predicted molar refractivity (Wildman–Crippen MR) is 149 cm³/mol. The highest BCUT2D eigenvalue weighted by molar-refractivity contribution is 6.58. The third-order valence-electron chi connectivity index (χ3n) is 5.59. The highest BCUT2D eigenvalue weighted by Crippen LogP contribution is 2.42. The molecule has 5 rings (SSSR count). The molecule has 1 aliphatic carbocycles. The van der Waals surface area contributed by atoms with Gasteiger partial charge >= 0.3 is 7.12 Å². The third kappa shape index (κ3) is 9.31. The van der Waals surface area contributed by atoms with Gasteiger partial charge in [0.2, 0.25) is 0 Å². The zero-order valence-electron chi connectivity index (χ0n) is 21.3. The van der Waals surface area contributed by atoms with Crippen LogP contribution in [-0.2, 0) is 9.59 Å². The van der Waals surface area contributed by atoms with E-state index in [0.717, 1.165) is 36.0 Å². The summed E-state index contributed by atoms with van der Waals surface area (Å²) in [4.78, 5) is 22.1. The number of nitrogens with one attached hydrogen (secondary N) is 1. The third-order valence-corrected chi connectivity index (χ3v) is 5.59. The summed E-state index contributed by atoms with van der Waals surface area (Å²) in [5, 5.41) is 22.3. The van der Waals surface area contributed by atoms with Crippen LogP contribution in [-0.4, -0.2) is 42.3 Å². The Morgan fingerprint density at radius 2 is 1.68 bits per heavy atom. The van der Waals surface area contributed by atoms with Gasteiger partial charge in [-0.1, -0.05) is 13.0 Å². The minimum absolute atomic E-state index is 0.111. The molecular weight excluding hydrogens is 488 g/mol. The molecule has 4 aromatic rings. The first kappa shape index (κ1) is 30.0. The fourth-order valence-electron chi connectivity index (χ4n) is 2.98. The van der Waals surface area contributed by atoms with Gasteiger partial charge in [-0.05, 0) is 85.0 Å². The van der Waals surface area contributed by atoms with Gasteiger partial charge in [0.05, 0.1) is 5.52 Å². The first-order valence-corrected chi connectivity index (χ1v) is 11.7. The number of nitrogens with two attached hydrogens (primary N) is 1. The molecule has 0 unspecified atom stereocenters. The number of nitrogen functional groups attached to an aromatic ring is 1. The Morgan fingerprint density at radius 1 is 1.05 bits per heavy atom. The number of fused-ring (bicyclic) bond motifs is 1.